The number of hydrogen-bond acceptors (Lipinski definition) is 5. The Morgan fingerprint density at radius 1 is 0.491 bits per heavy atom. The summed E-state index contributed by atoms with van der Waals surface area (Å²) in [5.41, 5.74) is 10.7. The van der Waals surface area contributed by atoms with Crippen LogP contribution in [0.2, 0.25) is 0 Å². The molecule has 0 bridgehead atoms. The van der Waals surface area contributed by atoms with Crippen molar-refractivity contribution < 1.29 is 8.83 Å². The number of benzene rings is 7. The van der Waals surface area contributed by atoms with Crippen LogP contribution in [0.4, 0.5) is 0 Å². The van der Waals surface area contributed by atoms with E-state index in [2.05, 4.69) is 122 Å². The third-order valence-corrected chi connectivity index (χ3v) is 10.6. The normalized spacial score (nSPS) is 14.4. The minimum absolute atomic E-state index is 0.391. The lowest BCUT2D eigenvalue weighted by Crippen LogP contribution is -2.08. The molecule has 0 N–H and O–H groups in total. The lowest BCUT2D eigenvalue weighted by Gasteiger charge is -2.22. The number of furan rings is 2. The Kier molecular flexibility index (Phi) is 6.52. The monoisotopic (exact) mass is 681 g/mol. The van der Waals surface area contributed by atoms with Gasteiger partial charge in [-0.05, 0) is 81.8 Å². The van der Waals surface area contributed by atoms with Crippen molar-refractivity contribution in [2.24, 2.45) is 5.92 Å². The maximum Gasteiger partial charge on any atom is 0.167 e. The number of para-hydroxylation sites is 3. The highest BCUT2D eigenvalue weighted by atomic mass is 16.3. The summed E-state index contributed by atoms with van der Waals surface area (Å²) in [4.78, 5) is 15.8. The Hall–Kier alpha value is -6.85. The predicted molar refractivity (Wildman–Crippen MR) is 215 cm³/mol. The smallest absolute Gasteiger partial charge is 0.167 e. The SMILES string of the molecule is CC1C=C(c2cc(-c3nc(-c4ccc5ccccc5c4)nc(-c4cccc5c4oc4ccccc45)n3)c3c(c2)oc2ccccc23)c2ccccc2C1. The molecule has 0 amide bonds. The van der Waals surface area contributed by atoms with Crippen molar-refractivity contribution in [1.82, 2.24) is 15.0 Å². The quantitative estimate of drug-likeness (QED) is 0.185. The molecular weight excluding hydrogens is 651 g/mol. The second kappa shape index (κ2) is 11.6. The van der Waals surface area contributed by atoms with Crippen LogP contribution in [0, 0.1) is 5.92 Å². The van der Waals surface area contributed by atoms with Gasteiger partial charge in [0.15, 0.2) is 17.5 Å². The van der Waals surface area contributed by atoms with Gasteiger partial charge in [-0.1, -0.05) is 122 Å². The second-order valence-corrected chi connectivity index (χ2v) is 14.1. The fraction of sp³-hybridized carbons (Fsp3) is 0.0625. The van der Waals surface area contributed by atoms with Crippen LogP contribution in [0.1, 0.15) is 23.6 Å². The standard InChI is InChI=1S/C48H31N3O2/c1-28-23-31-13-4-5-14-34(31)39(24-28)33-26-40(44-37-16-7-9-20-42(37)52-43(44)27-33)48-50-46(32-22-21-29-11-2-3-12-30(29)25-32)49-47(51-48)38-18-10-17-36-35-15-6-8-19-41(35)53-45(36)38/h2-22,24-28H,23H2,1H3. The zero-order chi connectivity index (χ0) is 35.0. The lowest BCUT2D eigenvalue weighted by atomic mass is 9.82. The van der Waals surface area contributed by atoms with E-state index in [4.69, 9.17) is 23.8 Å². The molecule has 1 aliphatic carbocycles. The average Bonchev–Trinajstić information content (AvgIpc) is 3.78. The van der Waals surface area contributed by atoms with Crippen LogP contribution in [0.15, 0.2) is 161 Å². The summed E-state index contributed by atoms with van der Waals surface area (Å²) in [6.45, 7) is 2.28. The van der Waals surface area contributed by atoms with Crippen molar-refractivity contribution >= 4 is 60.2 Å². The van der Waals surface area contributed by atoms with E-state index in [1.807, 2.05) is 36.4 Å². The zero-order valence-corrected chi connectivity index (χ0v) is 28.9. The molecule has 1 atom stereocenters. The van der Waals surface area contributed by atoms with Crippen LogP contribution in [0.25, 0.3) is 94.4 Å². The Morgan fingerprint density at radius 2 is 1.17 bits per heavy atom. The van der Waals surface area contributed by atoms with Gasteiger partial charge < -0.3 is 8.83 Å². The van der Waals surface area contributed by atoms with Crippen LogP contribution < -0.4 is 0 Å². The zero-order valence-electron chi connectivity index (χ0n) is 28.9. The molecular formula is C48H31N3O2. The molecule has 0 fully saturated rings. The molecule has 0 spiro atoms. The molecule has 1 unspecified atom stereocenters. The summed E-state index contributed by atoms with van der Waals surface area (Å²) in [7, 11) is 0. The third-order valence-electron chi connectivity index (χ3n) is 10.6. The molecule has 0 radical (unpaired) electrons. The van der Waals surface area contributed by atoms with Gasteiger partial charge in [0.25, 0.3) is 0 Å². The first kappa shape index (κ1) is 29.8. The molecule has 5 heteroatoms. The summed E-state index contributed by atoms with van der Waals surface area (Å²) in [5.74, 6) is 2.10. The molecule has 7 aromatic carbocycles. The van der Waals surface area contributed by atoms with Gasteiger partial charge in [-0.2, -0.15) is 0 Å². The Bertz CT molecular complexity index is 3130. The lowest BCUT2D eigenvalue weighted by molar-refractivity contribution is 0.668. The fourth-order valence-corrected chi connectivity index (χ4v) is 8.18. The van der Waals surface area contributed by atoms with Crippen LogP contribution >= 0.6 is 0 Å². The van der Waals surface area contributed by atoms with E-state index in [0.29, 0.717) is 23.4 Å². The highest BCUT2D eigenvalue weighted by molar-refractivity contribution is 6.13. The topological polar surface area (TPSA) is 65.0 Å². The summed E-state index contributed by atoms with van der Waals surface area (Å²) in [6, 6.07) is 50.4. The molecule has 11 rings (SSSR count). The van der Waals surface area contributed by atoms with Crippen molar-refractivity contribution in [1.29, 1.82) is 0 Å². The van der Waals surface area contributed by atoms with Gasteiger partial charge in [0.1, 0.15) is 22.3 Å². The van der Waals surface area contributed by atoms with Crippen molar-refractivity contribution in [3.8, 4) is 34.2 Å². The summed E-state index contributed by atoms with van der Waals surface area (Å²) in [5, 5.41) is 6.36. The van der Waals surface area contributed by atoms with Crippen LogP contribution in [0.3, 0.4) is 0 Å². The summed E-state index contributed by atoms with van der Waals surface area (Å²) in [6.07, 6.45) is 3.40. The molecule has 53 heavy (non-hydrogen) atoms. The van der Waals surface area contributed by atoms with E-state index in [1.54, 1.807) is 0 Å². The largest absolute Gasteiger partial charge is 0.456 e. The van der Waals surface area contributed by atoms with Gasteiger partial charge in [-0.25, -0.2) is 15.0 Å². The van der Waals surface area contributed by atoms with Crippen molar-refractivity contribution in [2.45, 2.75) is 13.3 Å². The van der Waals surface area contributed by atoms with Crippen molar-refractivity contribution in [3.05, 3.63) is 168 Å². The highest BCUT2D eigenvalue weighted by Crippen LogP contribution is 2.43. The summed E-state index contributed by atoms with van der Waals surface area (Å²) >= 11 is 0. The Balaban J connectivity index is 1.22. The van der Waals surface area contributed by atoms with Gasteiger partial charge in [-0.15, -0.1) is 0 Å². The van der Waals surface area contributed by atoms with Crippen molar-refractivity contribution in [3.63, 3.8) is 0 Å². The summed E-state index contributed by atoms with van der Waals surface area (Å²) < 4.78 is 13.1. The number of allylic oxidation sites excluding steroid dienone is 1. The highest BCUT2D eigenvalue weighted by Gasteiger charge is 2.24. The maximum absolute atomic E-state index is 6.62. The number of aromatic nitrogens is 3. The van der Waals surface area contributed by atoms with Gasteiger partial charge in [-0.3, -0.25) is 0 Å². The number of nitrogens with zero attached hydrogens (tertiary/aromatic N) is 3. The second-order valence-electron chi connectivity index (χ2n) is 14.1. The number of hydrogen-bond donors (Lipinski definition) is 0. The Labute approximate surface area is 304 Å². The molecule has 5 nitrogen and oxygen atoms in total. The van der Waals surface area contributed by atoms with Crippen LogP contribution in [-0.4, -0.2) is 15.0 Å². The molecule has 0 saturated carbocycles. The first-order chi connectivity index (χ1) is 26.1. The Morgan fingerprint density at radius 3 is 2.06 bits per heavy atom. The van der Waals surface area contributed by atoms with E-state index >= 15 is 0 Å². The molecule has 0 saturated heterocycles. The molecule has 3 aromatic heterocycles. The van der Waals surface area contributed by atoms with Gasteiger partial charge >= 0.3 is 0 Å². The molecule has 3 heterocycles. The van der Waals surface area contributed by atoms with Gasteiger partial charge in [0.05, 0.1) is 5.56 Å². The van der Waals surface area contributed by atoms with E-state index in [-0.39, 0.29) is 0 Å². The maximum atomic E-state index is 6.62. The van der Waals surface area contributed by atoms with E-state index in [9.17, 15) is 0 Å². The minimum Gasteiger partial charge on any atom is -0.456 e. The third kappa shape index (κ3) is 4.81. The molecule has 0 aliphatic heterocycles. The molecule has 250 valence electrons. The minimum atomic E-state index is 0.391. The van der Waals surface area contributed by atoms with Gasteiger partial charge in [0.2, 0.25) is 0 Å². The molecule has 10 aromatic rings. The molecule has 1 aliphatic rings. The van der Waals surface area contributed by atoms with Crippen LogP contribution in [0.5, 0.6) is 0 Å². The van der Waals surface area contributed by atoms with Gasteiger partial charge in [0, 0.05) is 32.7 Å². The number of rotatable bonds is 4. The van der Waals surface area contributed by atoms with Crippen molar-refractivity contribution in [2.75, 3.05) is 0 Å². The van der Waals surface area contributed by atoms with E-state index in [1.165, 1.54) is 16.7 Å². The van der Waals surface area contributed by atoms with Crippen LogP contribution in [-0.2, 0) is 6.42 Å². The first-order valence-corrected chi connectivity index (χ1v) is 18.1. The predicted octanol–water partition coefficient (Wildman–Crippen LogP) is 12.4. The fourth-order valence-electron chi connectivity index (χ4n) is 8.18. The van der Waals surface area contributed by atoms with E-state index in [0.717, 1.165) is 83.3 Å². The number of fused-ring (bicyclic) bond motifs is 8. The first-order valence-electron chi connectivity index (χ1n) is 18.1. The average molecular weight is 682 g/mol. The van der Waals surface area contributed by atoms with E-state index < -0.39 is 0 Å².